The number of nitrogens with one attached hydrogen (secondary N) is 1. The van der Waals surface area contributed by atoms with Gasteiger partial charge in [0.25, 0.3) is 5.91 Å². The molecule has 10 heteroatoms. The number of benzene rings is 2. The summed E-state index contributed by atoms with van der Waals surface area (Å²) in [5.41, 5.74) is 0.772. The van der Waals surface area contributed by atoms with E-state index in [2.05, 4.69) is 5.32 Å². The molecule has 9 nitrogen and oxygen atoms in total. The zero-order chi connectivity index (χ0) is 28.2. The normalized spacial score (nSPS) is 21.5. The molecule has 0 radical (unpaired) electrons. The van der Waals surface area contributed by atoms with Crippen molar-refractivity contribution in [3.8, 4) is 5.75 Å². The Balaban J connectivity index is 1.62. The number of anilines is 1. The molecular weight excluding hydrogens is 518 g/mol. The van der Waals surface area contributed by atoms with Crippen molar-refractivity contribution in [1.29, 1.82) is 0 Å². The number of hydrogen-bond acceptors (Lipinski definition) is 6. The number of carbonyl (C=O) groups is 2. The first-order valence-electron chi connectivity index (χ1n) is 13.7. The van der Waals surface area contributed by atoms with Gasteiger partial charge in [0.05, 0.1) is 29.7 Å². The van der Waals surface area contributed by atoms with Gasteiger partial charge in [-0.15, -0.1) is 0 Å². The van der Waals surface area contributed by atoms with Crippen molar-refractivity contribution in [2.24, 2.45) is 11.8 Å². The van der Waals surface area contributed by atoms with Gasteiger partial charge in [0, 0.05) is 31.1 Å². The molecule has 39 heavy (non-hydrogen) atoms. The van der Waals surface area contributed by atoms with E-state index in [1.165, 1.54) is 11.4 Å². The van der Waals surface area contributed by atoms with E-state index in [-0.39, 0.29) is 53.8 Å². The van der Waals surface area contributed by atoms with Gasteiger partial charge in [0.2, 0.25) is 15.9 Å². The molecule has 0 spiro atoms. The third-order valence-corrected chi connectivity index (χ3v) is 9.63. The summed E-state index contributed by atoms with van der Waals surface area (Å²) in [4.78, 5) is 28.3. The molecule has 2 amide bonds. The minimum Gasteiger partial charge on any atom is -0.488 e. The smallest absolute Gasteiger partial charge is 0.258 e. The molecule has 212 valence electrons. The van der Waals surface area contributed by atoms with Crippen LogP contribution in [0.4, 0.5) is 5.69 Å². The number of nitrogens with zero attached hydrogens (tertiary/aromatic N) is 2. The molecule has 1 saturated carbocycles. The van der Waals surface area contributed by atoms with Crippen LogP contribution in [-0.4, -0.2) is 73.4 Å². The summed E-state index contributed by atoms with van der Waals surface area (Å²) in [6.45, 7) is 3.78. The highest BCUT2D eigenvalue weighted by atomic mass is 32.2. The van der Waals surface area contributed by atoms with E-state index in [1.54, 1.807) is 60.4 Å². The molecule has 1 fully saturated rings. The van der Waals surface area contributed by atoms with Crippen molar-refractivity contribution in [3.05, 3.63) is 54.1 Å². The average molecular weight is 558 g/mol. The van der Waals surface area contributed by atoms with E-state index in [0.29, 0.717) is 11.4 Å². The maximum atomic E-state index is 13.7. The Morgan fingerprint density at radius 2 is 1.85 bits per heavy atom. The van der Waals surface area contributed by atoms with Gasteiger partial charge < -0.3 is 20.1 Å². The lowest BCUT2D eigenvalue weighted by atomic mass is 9.88. The van der Waals surface area contributed by atoms with Crippen molar-refractivity contribution in [2.45, 2.75) is 63.0 Å². The first-order valence-corrected chi connectivity index (χ1v) is 15.1. The zero-order valence-electron chi connectivity index (χ0n) is 22.9. The Morgan fingerprint density at radius 1 is 1.15 bits per heavy atom. The fraction of sp³-hybridized carbons (Fsp3) is 0.517. The molecule has 3 atom stereocenters. The van der Waals surface area contributed by atoms with Crippen LogP contribution in [0.1, 0.15) is 56.3 Å². The summed E-state index contributed by atoms with van der Waals surface area (Å²) in [6.07, 6.45) is 4.37. The molecule has 2 aliphatic rings. The lowest BCUT2D eigenvalue weighted by Gasteiger charge is -2.38. The van der Waals surface area contributed by atoms with Gasteiger partial charge in [-0.3, -0.25) is 9.59 Å². The maximum absolute atomic E-state index is 13.7. The van der Waals surface area contributed by atoms with Crippen LogP contribution in [0.2, 0.25) is 0 Å². The number of rotatable bonds is 8. The number of hydrogen-bond donors (Lipinski definition) is 2. The van der Waals surface area contributed by atoms with Crippen molar-refractivity contribution < 1.29 is 27.9 Å². The molecular formula is C29H39N3O6S. The largest absolute Gasteiger partial charge is 0.488 e. The molecule has 2 N–H and O–H groups in total. The topological polar surface area (TPSA) is 116 Å². The SMILES string of the molecule is C[C@H](CO)N1C[C@H](C)[C@@H](CN(C)S(=O)(=O)c2ccccc2)Oc2ccc(NC(=O)C3CCCCC3)cc2C1=O. The van der Waals surface area contributed by atoms with E-state index in [4.69, 9.17) is 4.74 Å². The molecule has 1 aliphatic heterocycles. The number of aliphatic hydroxyl groups excluding tert-OH is 1. The minimum absolute atomic E-state index is 0.0362. The van der Waals surface area contributed by atoms with Crippen LogP contribution in [0.25, 0.3) is 0 Å². The Labute approximate surface area is 231 Å². The third kappa shape index (κ3) is 6.62. The van der Waals surface area contributed by atoms with Gasteiger partial charge in [-0.25, -0.2) is 8.42 Å². The highest BCUT2D eigenvalue weighted by molar-refractivity contribution is 7.89. The van der Waals surface area contributed by atoms with Crippen molar-refractivity contribution in [3.63, 3.8) is 0 Å². The lowest BCUT2D eigenvalue weighted by Crippen LogP contribution is -2.50. The highest BCUT2D eigenvalue weighted by Gasteiger charge is 2.35. The second kappa shape index (κ2) is 12.5. The van der Waals surface area contributed by atoms with Crippen LogP contribution >= 0.6 is 0 Å². The minimum atomic E-state index is -3.75. The predicted molar refractivity (Wildman–Crippen MR) is 149 cm³/mol. The van der Waals surface area contributed by atoms with E-state index >= 15 is 0 Å². The predicted octanol–water partition coefficient (Wildman–Crippen LogP) is 3.75. The van der Waals surface area contributed by atoms with Gasteiger partial charge in [-0.05, 0) is 50.1 Å². The standard InChI is InChI=1S/C29H39N3O6S/c1-20-17-32(21(2)19-33)29(35)25-16-23(30-28(34)22-10-6-4-7-11-22)14-15-26(25)38-27(20)18-31(3)39(36,37)24-12-8-5-9-13-24/h5,8-9,12-16,20-22,27,33H,4,6-7,10-11,17-19H2,1-3H3,(H,30,34)/t20-,21+,27+/m0/s1. The molecule has 1 heterocycles. The van der Waals surface area contributed by atoms with E-state index in [0.717, 1.165) is 32.1 Å². The summed E-state index contributed by atoms with van der Waals surface area (Å²) >= 11 is 0. The van der Waals surface area contributed by atoms with Crippen LogP contribution in [0.5, 0.6) is 5.75 Å². The molecule has 4 rings (SSSR count). The van der Waals surface area contributed by atoms with Gasteiger partial charge in [-0.1, -0.05) is 44.4 Å². The summed E-state index contributed by atoms with van der Waals surface area (Å²) in [5, 5.41) is 12.9. The summed E-state index contributed by atoms with van der Waals surface area (Å²) in [7, 11) is -2.24. The van der Waals surface area contributed by atoms with Crippen LogP contribution in [0, 0.1) is 11.8 Å². The van der Waals surface area contributed by atoms with Crippen molar-refractivity contribution in [1.82, 2.24) is 9.21 Å². The molecule has 0 bridgehead atoms. The van der Waals surface area contributed by atoms with Crippen LogP contribution in [0.15, 0.2) is 53.4 Å². The zero-order valence-corrected chi connectivity index (χ0v) is 23.7. The van der Waals surface area contributed by atoms with E-state index in [1.807, 2.05) is 6.92 Å². The highest BCUT2D eigenvalue weighted by Crippen LogP contribution is 2.32. The molecule has 2 aromatic carbocycles. The van der Waals surface area contributed by atoms with Crippen molar-refractivity contribution in [2.75, 3.05) is 32.1 Å². The van der Waals surface area contributed by atoms with Crippen LogP contribution in [-0.2, 0) is 14.8 Å². The number of carbonyl (C=O) groups excluding carboxylic acids is 2. The third-order valence-electron chi connectivity index (χ3n) is 7.80. The van der Waals surface area contributed by atoms with Gasteiger partial charge in [0.1, 0.15) is 11.9 Å². The number of fused-ring (bicyclic) bond motifs is 1. The number of amides is 2. The average Bonchev–Trinajstić information content (AvgIpc) is 2.95. The van der Waals surface area contributed by atoms with Gasteiger partial charge in [0.15, 0.2) is 0 Å². The molecule has 0 aromatic heterocycles. The molecule has 0 unspecified atom stereocenters. The molecule has 0 saturated heterocycles. The first-order chi connectivity index (χ1) is 18.6. The Hall–Kier alpha value is -2.95. The Kier molecular flexibility index (Phi) is 9.30. The number of aliphatic hydroxyl groups is 1. The lowest BCUT2D eigenvalue weighted by molar-refractivity contribution is -0.120. The quantitative estimate of drug-likeness (QED) is 0.511. The van der Waals surface area contributed by atoms with Gasteiger partial charge >= 0.3 is 0 Å². The second-order valence-corrected chi connectivity index (χ2v) is 12.8. The van der Waals surface area contributed by atoms with E-state index < -0.39 is 22.2 Å². The van der Waals surface area contributed by atoms with Crippen LogP contribution in [0.3, 0.4) is 0 Å². The first kappa shape index (κ1) is 29.0. The Bertz CT molecular complexity index is 1260. The fourth-order valence-electron chi connectivity index (χ4n) is 5.25. The number of sulfonamides is 1. The van der Waals surface area contributed by atoms with E-state index in [9.17, 15) is 23.1 Å². The maximum Gasteiger partial charge on any atom is 0.258 e. The summed E-state index contributed by atoms with van der Waals surface area (Å²) in [5.74, 6) is -0.321. The fourth-order valence-corrected chi connectivity index (χ4v) is 6.46. The number of likely N-dealkylation sites (N-methyl/N-ethyl adjacent to an activating group) is 1. The van der Waals surface area contributed by atoms with Crippen molar-refractivity contribution >= 4 is 27.5 Å². The van der Waals surface area contributed by atoms with Gasteiger partial charge in [-0.2, -0.15) is 4.31 Å². The molecule has 1 aliphatic carbocycles. The van der Waals surface area contributed by atoms with Crippen LogP contribution < -0.4 is 10.1 Å². The summed E-state index contributed by atoms with van der Waals surface area (Å²) in [6, 6.07) is 12.7. The Morgan fingerprint density at radius 3 is 2.51 bits per heavy atom. The molecule has 2 aromatic rings. The number of ether oxygens (including phenoxy) is 1. The second-order valence-electron chi connectivity index (χ2n) is 10.8. The monoisotopic (exact) mass is 557 g/mol. The summed E-state index contributed by atoms with van der Waals surface area (Å²) < 4.78 is 34.0.